The van der Waals surface area contributed by atoms with Gasteiger partial charge in [0.15, 0.2) is 0 Å². The Labute approximate surface area is 155 Å². The number of halogens is 2. The number of ether oxygens (including phenoxy) is 4. The Morgan fingerprint density at radius 1 is 1.12 bits per heavy atom. The summed E-state index contributed by atoms with van der Waals surface area (Å²) in [5, 5.41) is 3.87. The molecule has 0 amide bonds. The fraction of sp³-hybridized carbons (Fsp3) is 0.375. The largest absolute Gasteiger partial charge is 0.345 e. The summed E-state index contributed by atoms with van der Waals surface area (Å²) >= 11 is 11.6. The predicted molar refractivity (Wildman–Crippen MR) is 94.6 cm³/mol. The van der Waals surface area contributed by atoms with E-state index in [0.29, 0.717) is 5.57 Å². The maximum Gasteiger partial charge on any atom is 0.291 e. The summed E-state index contributed by atoms with van der Waals surface area (Å²) < 4.78 is 23.3. The summed E-state index contributed by atoms with van der Waals surface area (Å²) in [6, 6.07) is 0. The number of hydrogen-bond acceptors (Lipinski definition) is 6. The minimum absolute atomic E-state index is 0.0806. The lowest BCUT2D eigenvalue weighted by atomic mass is 9.90. The topological polar surface area (TPSA) is 71.8 Å². The highest BCUT2D eigenvalue weighted by Gasteiger charge is 2.56. The second-order valence-corrected chi connectivity index (χ2v) is 5.74. The van der Waals surface area contributed by atoms with Crippen molar-refractivity contribution in [3.05, 3.63) is 56.5 Å². The third-order valence-electron chi connectivity index (χ3n) is 3.91. The van der Waals surface area contributed by atoms with E-state index >= 15 is 0 Å². The van der Waals surface area contributed by atoms with Gasteiger partial charge in [0.25, 0.3) is 11.3 Å². The van der Waals surface area contributed by atoms with Crippen LogP contribution in [0.15, 0.2) is 40.9 Å². The quantitative estimate of drug-likeness (QED) is 0.697. The van der Waals surface area contributed by atoms with E-state index in [9.17, 15) is 4.79 Å². The molecule has 0 saturated carbocycles. The molecule has 0 bridgehead atoms. The first-order valence-electron chi connectivity index (χ1n) is 7.13. The van der Waals surface area contributed by atoms with Gasteiger partial charge in [-0.25, -0.2) is 4.68 Å². The highest BCUT2D eigenvalue weighted by molar-refractivity contribution is 6.41. The zero-order valence-corrected chi connectivity index (χ0v) is 15.7. The molecule has 0 aliphatic heterocycles. The van der Waals surface area contributed by atoms with Gasteiger partial charge in [-0.2, -0.15) is 5.10 Å². The molecule has 0 radical (unpaired) electrons. The molecule has 1 aromatic rings. The summed E-state index contributed by atoms with van der Waals surface area (Å²) in [5.74, 6) is -2.72. The zero-order chi connectivity index (χ0) is 18.7. The van der Waals surface area contributed by atoms with Gasteiger partial charge in [0, 0.05) is 40.2 Å². The minimum atomic E-state index is -1.40. The zero-order valence-electron chi connectivity index (χ0n) is 14.2. The number of aromatic nitrogens is 2. The molecule has 9 heteroatoms. The van der Waals surface area contributed by atoms with Crippen molar-refractivity contribution in [3.63, 3.8) is 0 Å². The summed E-state index contributed by atoms with van der Waals surface area (Å²) in [6.45, 7) is 0. The Bertz CT molecular complexity index is 777. The first kappa shape index (κ1) is 19.8. The Hall–Kier alpha value is -1.48. The molecule has 0 unspecified atom stereocenters. The standard InChI is InChI=1S/C16H18Cl2N2O5/c1-22-15(23-2)8-5-6-11(16(15,24-3)25-4)7-9-20-14(21)13(18)12(17)10-19-20/h5-10H,1-4H3. The number of nitrogens with zero attached hydrogens (tertiary/aromatic N) is 2. The monoisotopic (exact) mass is 388 g/mol. The summed E-state index contributed by atoms with van der Waals surface area (Å²) in [4.78, 5) is 12.1. The van der Waals surface area contributed by atoms with E-state index in [1.165, 1.54) is 40.8 Å². The van der Waals surface area contributed by atoms with Crippen LogP contribution in [0.3, 0.4) is 0 Å². The normalized spacial score (nSPS) is 18.6. The molecular weight excluding hydrogens is 371 g/mol. The number of methoxy groups -OCH3 is 4. The van der Waals surface area contributed by atoms with Crippen molar-refractivity contribution in [1.82, 2.24) is 9.78 Å². The van der Waals surface area contributed by atoms with E-state index in [0.717, 1.165) is 4.68 Å². The molecule has 1 heterocycles. The molecule has 2 rings (SSSR count). The van der Waals surface area contributed by atoms with Crippen LogP contribution in [0.1, 0.15) is 0 Å². The molecule has 7 nitrogen and oxygen atoms in total. The van der Waals surface area contributed by atoms with Crippen molar-refractivity contribution in [2.45, 2.75) is 11.6 Å². The molecule has 0 aromatic carbocycles. The molecule has 136 valence electrons. The average molecular weight is 389 g/mol. The Morgan fingerprint density at radius 2 is 1.76 bits per heavy atom. The van der Waals surface area contributed by atoms with Crippen LogP contribution >= 0.6 is 23.2 Å². The molecule has 0 spiro atoms. The van der Waals surface area contributed by atoms with Gasteiger partial charge < -0.3 is 18.9 Å². The van der Waals surface area contributed by atoms with Crippen LogP contribution < -0.4 is 5.56 Å². The number of rotatable bonds is 6. The summed E-state index contributed by atoms with van der Waals surface area (Å²) in [6.07, 6.45) is 9.41. The van der Waals surface area contributed by atoms with E-state index in [1.807, 2.05) is 0 Å². The molecule has 0 atom stereocenters. The maximum absolute atomic E-state index is 12.1. The first-order chi connectivity index (χ1) is 11.9. The third-order valence-corrected chi connectivity index (χ3v) is 4.66. The molecule has 0 N–H and O–H groups in total. The fourth-order valence-electron chi connectivity index (χ4n) is 2.64. The average Bonchev–Trinajstić information content (AvgIpc) is 2.65. The first-order valence-corrected chi connectivity index (χ1v) is 7.88. The van der Waals surface area contributed by atoms with Crippen LogP contribution in [-0.4, -0.2) is 49.8 Å². The van der Waals surface area contributed by atoms with Crippen molar-refractivity contribution in [3.8, 4) is 0 Å². The number of hydrogen-bond donors (Lipinski definition) is 0. The Kier molecular flexibility index (Phi) is 6.21. The third kappa shape index (κ3) is 3.19. The molecule has 25 heavy (non-hydrogen) atoms. The van der Waals surface area contributed by atoms with Gasteiger partial charge in [-0.15, -0.1) is 0 Å². The highest BCUT2D eigenvalue weighted by Crippen LogP contribution is 2.41. The van der Waals surface area contributed by atoms with Crippen LogP contribution in [0.2, 0.25) is 10.0 Å². The smallest absolute Gasteiger partial charge is 0.291 e. The Morgan fingerprint density at radius 3 is 2.32 bits per heavy atom. The minimum Gasteiger partial charge on any atom is -0.345 e. The van der Waals surface area contributed by atoms with Crippen molar-refractivity contribution in [1.29, 1.82) is 0 Å². The van der Waals surface area contributed by atoms with E-state index in [-0.39, 0.29) is 10.0 Å². The molecule has 1 aliphatic rings. The van der Waals surface area contributed by atoms with Gasteiger partial charge in [0.1, 0.15) is 5.02 Å². The Balaban J connectivity index is 2.51. The van der Waals surface area contributed by atoms with Crippen LogP contribution in [0, 0.1) is 0 Å². The van der Waals surface area contributed by atoms with Gasteiger partial charge >= 0.3 is 0 Å². The lowest BCUT2D eigenvalue weighted by molar-refractivity contribution is -0.348. The molecule has 0 fully saturated rings. The van der Waals surface area contributed by atoms with E-state index < -0.39 is 17.1 Å². The van der Waals surface area contributed by atoms with Crippen LogP contribution in [0.25, 0.3) is 6.20 Å². The van der Waals surface area contributed by atoms with Crippen LogP contribution in [0.5, 0.6) is 0 Å². The van der Waals surface area contributed by atoms with Gasteiger partial charge in [-0.1, -0.05) is 35.4 Å². The molecule has 1 aromatic heterocycles. The lowest BCUT2D eigenvalue weighted by Crippen LogP contribution is -2.60. The van der Waals surface area contributed by atoms with Gasteiger partial charge in [0.05, 0.1) is 11.2 Å². The summed E-state index contributed by atoms with van der Waals surface area (Å²) in [5.41, 5.74) is -0.0222. The predicted octanol–water partition coefficient (Wildman–Crippen LogP) is 2.50. The van der Waals surface area contributed by atoms with Crippen molar-refractivity contribution < 1.29 is 18.9 Å². The van der Waals surface area contributed by atoms with Crippen molar-refractivity contribution in [2.75, 3.05) is 28.4 Å². The van der Waals surface area contributed by atoms with Crippen molar-refractivity contribution >= 4 is 29.4 Å². The highest BCUT2D eigenvalue weighted by atomic mass is 35.5. The molecule has 1 aliphatic carbocycles. The second-order valence-electron chi connectivity index (χ2n) is 4.95. The maximum atomic E-state index is 12.1. The van der Waals surface area contributed by atoms with E-state index in [4.69, 9.17) is 42.1 Å². The SMILES string of the molecule is COC1(OC)C=CC=C(C=Cn2ncc(Cl)c(Cl)c2=O)C1(OC)OC. The van der Waals surface area contributed by atoms with Crippen molar-refractivity contribution in [2.24, 2.45) is 0 Å². The second kappa shape index (κ2) is 7.82. The van der Waals surface area contributed by atoms with Gasteiger partial charge in [-0.3, -0.25) is 4.79 Å². The molecule has 0 saturated heterocycles. The van der Waals surface area contributed by atoms with Gasteiger partial charge in [0.2, 0.25) is 5.79 Å². The van der Waals surface area contributed by atoms with Crippen LogP contribution in [-0.2, 0) is 18.9 Å². The van der Waals surface area contributed by atoms with Crippen LogP contribution in [0.4, 0.5) is 0 Å². The van der Waals surface area contributed by atoms with E-state index in [2.05, 4.69) is 5.10 Å². The van der Waals surface area contributed by atoms with E-state index in [1.54, 1.807) is 24.3 Å². The summed E-state index contributed by atoms with van der Waals surface area (Å²) in [7, 11) is 5.86. The molecular formula is C16H18Cl2N2O5. The number of allylic oxidation sites excluding steroid dienone is 2. The fourth-order valence-corrected chi connectivity index (χ4v) is 2.90. The lowest BCUT2D eigenvalue weighted by Gasteiger charge is -2.46. The van der Waals surface area contributed by atoms with Gasteiger partial charge in [-0.05, 0) is 12.2 Å².